The van der Waals surface area contributed by atoms with Crippen LogP contribution in [0.4, 0.5) is 0 Å². The SMILES string of the molecule is C=C/C=C\CC(C)N(C)C(=NC(=N)c1ccccc1)c1ccccc1. The topological polar surface area (TPSA) is 39.5 Å². The highest BCUT2D eigenvalue weighted by Crippen LogP contribution is 2.12. The number of amidine groups is 2. The predicted molar refractivity (Wildman–Crippen MR) is 107 cm³/mol. The number of nitrogens with one attached hydrogen (secondary N) is 1. The number of nitrogens with zero attached hydrogens (tertiary/aromatic N) is 2. The quantitative estimate of drug-likeness (QED) is 0.456. The fourth-order valence-electron chi connectivity index (χ4n) is 2.44. The van der Waals surface area contributed by atoms with Gasteiger partial charge in [-0.1, -0.05) is 85.5 Å². The second kappa shape index (κ2) is 9.38. The number of aliphatic imine (C=N–C) groups is 1. The van der Waals surface area contributed by atoms with E-state index in [1.165, 1.54) is 0 Å². The van der Waals surface area contributed by atoms with Crippen LogP contribution in [-0.2, 0) is 0 Å². The zero-order valence-corrected chi connectivity index (χ0v) is 14.9. The molecule has 0 radical (unpaired) electrons. The Morgan fingerprint density at radius 2 is 1.64 bits per heavy atom. The van der Waals surface area contributed by atoms with Crippen LogP contribution in [0.5, 0.6) is 0 Å². The maximum absolute atomic E-state index is 8.37. The van der Waals surface area contributed by atoms with Crippen molar-refractivity contribution in [2.24, 2.45) is 4.99 Å². The molecule has 0 aliphatic heterocycles. The summed E-state index contributed by atoms with van der Waals surface area (Å²) in [6.45, 7) is 5.86. The molecule has 0 amide bonds. The molecule has 2 aromatic carbocycles. The minimum absolute atomic E-state index is 0.249. The van der Waals surface area contributed by atoms with Gasteiger partial charge in [-0.3, -0.25) is 5.41 Å². The fraction of sp³-hybridized carbons (Fsp3) is 0.182. The molecule has 0 saturated carbocycles. The summed E-state index contributed by atoms with van der Waals surface area (Å²) in [5.41, 5.74) is 1.81. The zero-order valence-electron chi connectivity index (χ0n) is 14.9. The molecule has 2 aromatic rings. The van der Waals surface area contributed by atoms with Crippen molar-refractivity contribution in [3.63, 3.8) is 0 Å². The summed E-state index contributed by atoms with van der Waals surface area (Å²) in [4.78, 5) is 6.77. The molecule has 0 saturated heterocycles. The maximum Gasteiger partial charge on any atom is 0.154 e. The fourth-order valence-corrected chi connectivity index (χ4v) is 2.44. The van der Waals surface area contributed by atoms with Gasteiger partial charge in [-0.05, 0) is 13.3 Å². The van der Waals surface area contributed by atoms with E-state index in [4.69, 9.17) is 5.41 Å². The van der Waals surface area contributed by atoms with Crippen molar-refractivity contribution >= 4 is 11.7 Å². The number of rotatable bonds is 6. The lowest BCUT2D eigenvalue weighted by Gasteiger charge is -2.28. The molecule has 1 N–H and O–H groups in total. The Balaban J connectivity index is 2.33. The molecule has 2 rings (SSSR count). The van der Waals surface area contributed by atoms with Crippen LogP contribution < -0.4 is 0 Å². The highest BCUT2D eigenvalue weighted by Gasteiger charge is 2.16. The van der Waals surface area contributed by atoms with Gasteiger partial charge in [0.05, 0.1) is 0 Å². The molecular weight excluding hydrogens is 306 g/mol. The molecule has 3 heteroatoms. The zero-order chi connectivity index (χ0) is 18.1. The highest BCUT2D eigenvalue weighted by atomic mass is 15.2. The molecule has 0 fully saturated rings. The molecule has 128 valence electrons. The summed E-state index contributed by atoms with van der Waals surface area (Å²) in [7, 11) is 2.02. The van der Waals surface area contributed by atoms with Gasteiger partial charge in [0.15, 0.2) is 5.84 Å². The number of hydrogen-bond acceptors (Lipinski definition) is 1. The van der Waals surface area contributed by atoms with Gasteiger partial charge in [0, 0.05) is 24.2 Å². The van der Waals surface area contributed by atoms with Crippen LogP contribution in [0, 0.1) is 5.41 Å². The molecular formula is C22H25N3. The van der Waals surface area contributed by atoms with Gasteiger partial charge in [0.2, 0.25) is 0 Å². The van der Waals surface area contributed by atoms with Gasteiger partial charge in [0.25, 0.3) is 0 Å². The maximum atomic E-state index is 8.37. The van der Waals surface area contributed by atoms with Crippen LogP contribution in [0.1, 0.15) is 24.5 Å². The van der Waals surface area contributed by atoms with Crippen molar-refractivity contribution < 1.29 is 0 Å². The molecule has 3 nitrogen and oxygen atoms in total. The van der Waals surface area contributed by atoms with Crippen LogP contribution in [0.2, 0.25) is 0 Å². The summed E-state index contributed by atoms with van der Waals surface area (Å²) in [5.74, 6) is 1.06. The van der Waals surface area contributed by atoms with E-state index >= 15 is 0 Å². The summed E-state index contributed by atoms with van der Waals surface area (Å²) in [6.07, 6.45) is 6.71. The third-order valence-corrected chi connectivity index (χ3v) is 4.04. The molecule has 0 heterocycles. The van der Waals surface area contributed by atoms with Crippen LogP contribution in [0.3, 0.4) is 0 Å². The third kappa shape index (κ3) is 5.28. The van der Waals surface area contributed by atoms with Crippen molar-refractivity contribution in [2.45, 2.75) is 19.4 Å². The van der Waals surface area contributed by atoms with E-state index in [1.807, 2.05) is 73.8 Å². The van der Waals surface area contributed by atoms with E-state index in [1.54, 1.807) is 6.08 Å². The summed E-state index contributed by atoms with van der Waals surface area (Å²) < 4.78 is 0. The average Bonchev–Trinajstić information content (AvgIpc) is 2.67. The average molecular weight is 331 g/mol. The monoisotopic (exact) mass is 331 g/mol. The summed E-state index contributed by atoms with van der Waals surface area (Å²) in [5, 5.41) is 8.37. The molecule has 0 aliphatic carbocycles. The van der Waals surface area contributed by atoms with Crippen molar-refractivity contribution in [3.8, 4) is 0 Å². The standard InChI is InChI=1S/C22H25N3/c1-4-5-8-13-18(2)25(3)22(20-16-11-7-12-17-20)24-21(23)19-14-9-6-10-15-19/h4-12,14-18,23H,1,13H2,2-3H3/b8-5-,23-21?,24-22?. The lowest BCUT2D eigenvalue weighted by molar-refractivity contribution is 0.394. The summed E-state index contributed by atoms with van der Waals surface area (Å²) in [6, 6.07) is 19.9. The Hall–Kier alpha value is -2.94. The first-order chi connectivity index (χ1) is 12.1. The minimum atomic E-state index is 0.249. The van der Waals surface area contributed by atoms with Gasteiger partial charge in [-0.2, -0.15) is 0 Å². The van der Waals surface area contributed by atoms with E-state index in [-0.39, 0.29) is 11.9 Å². The summed E-state index contributed by atoms with van der Waals surface area (Å²) >= 11 is 0. The van der Waals surface area contributed by atoms with Gasteiger partial charge in [-0.25, -0.2) is 4.99 Å². The first-order valence-corrected chi connectivity index (χ1v) is 8.42. The number of allylic oxidation sites excluding steroid dienone is 2. The molecule has 0 bridgehead atoms. The van der Waals surface area contributed by atoms with Crippen LogP contribution in [0.15, 0.2) is 90.5 Å². The molecule has 1 unspecified atom stereocenters. The molecule has 1 atom stereocenters. The first-order valence-electron chi connectivity index (χ1n) is 8.42. The first kappa shape index (κ1) is 18.4. The van der Waals surface area contributed by atoms with Crippen LogP contribution >= 0.6 is 0 Å². The predicted octanol–water partition coefficient (Wildman–Crippen LogP) is 4.91. The largest absolute Gasteiger partial charge is 0.356 e. The lowest BCUT2D eigenvalue weighted by Crippen LogP contribution is -2.36. The van der Waals surface area contributed by atoms with Gasteiger partial charge < -0.3 is 4.90 Å². The Labute approximate surface area is 150 Å². The van der Waals surface area contributed by atoms with E-state index < -0.39 is 0 Å². The van der Waals surface area contributed by atoms with Crippen LogP contribution in [-0.4, -0.2) is 29.7 Å². The lowest BCUT2D eigenvalue weighted by atomic mass is 10.1. The van der Waals surface area contributed by atoms with Gasteiger partial charge in [-0.15, -0.1) is 0 Å². The van der Waals surface area contributed by atoms with E-state index in [2.05, 4.69) is 29.5 Å². The molecule has 25 heavy (non-hydrogen) atoms. The van der Waals surface area contributed by atoms with Crippen molar-refractivity contribution in [1.29, 1.82) is 5.41 Å². The molecule has 0 aliphatic rings. The second-order valence-electron chi connectivity index (χ2n) is 5.88. The van der Waals surface area contributed by atoms with Gasteiger partial charge >= 0.3 is 0 Å². The minimum Gasteiger partial charge on any atom is -0.356 e. The normalized spacial score (nSPS) is 12.8. The van der Waals surface area contributed by atoms with E-state index in [0.717, 1.165) is 23.4 Å². The van der Waals surface area contributed by atoms with Gasteiger partial charge in [0.1, 0.15) is 5.84 Å². The van der Waals surface area contributed by atoms with Crippen LogP contribution in [0.25, 0.3) is 0 Å². The van der Waals surface area contributed by atoms with Crippen molar-refractivity contribution in [1.82, 2.24) is 4.90 Å². The third-order valence-electron chi connectivity index (χ3n) is 4.04. The Morgan fingerprint density at radius 3 is 2.20 bits per heavy atom. The Morgan fingerprint density at radius 1 is 1.08 bits per heavy atom. The van der Waals surface area contributed by atoms with Crippen molar-refractivity contribution in [3.05, 3.63) is 96.6 Å². The Kier molecular flexibility index (Phi) is 6.90. The highest BCUT2D eigenvalue weighted by molar-refractivity contribution is 6.10. The van der Waals surface area contributed by atoms with Crippen molar-refractivity contribution in [2.75, 3.05) is 7.05 Å². The second-order valence-corrected chi connectivity index (χ2v) is 5.88. The smallest absolute Gasteiger partial charge is 0.154 e. The Bertz CT molecular complexity index is 745. The van der Waals surface area contributed by atoms with E-state index in [0.29, 0.717) is 0 Å². The number of hydrogen-bond donors (Lipinski definition) is 1. The molecule has 0 spiro atoms. The number of benzene rings is 2. The molecule has 0 aromatic heterocycles. The van der Waals surface area contributed by atoms with E-state index in [9.17, 15) is 0 Å².